The number of halogens is 1. The number of methoxy groups -OCH3 is 1. The number of rotatable bonds is 3. The SMILES string of the molecule is COc1ccc(Br)cc1C(O)C(C)N. The molecule has 0 saturated carbocycles. The molecule has 0 saturated heterocycles. The average Bonchev–Trinajstić information content (AvgIpc) is 2.16. The summed E-state index contributed by atoms with van der Waals surface area (Å²) in [5.74, 6) is 0.651. The zero-order valence-electron chi connectivity index (χ0n) is 8.20. The largest absolute Gasteiger partial charge is 0.496 e. The van der Waals surface area contributed by atoms with Crippen molar-refractivity contribution in [3.8, 4) is 5.75 Å². The molecule has 0 aliphatic rings. The van der Waals surface area contributed by atoms with Crippen LogP contribution in [0.2, 0.25) is 0 Å². The molecule has 14 heavy (non-hydrogen) atoms. The van der Waals surface area contributed by atoms with E-state index >= 15 is 0 Å². The Morgan fingerprint density at radius 3 is 2.64 bits per heavy atom. The molecular formula is C10H14BrNO2. The molecule has 0 spiro atoms. The van der Waals surface area contributed by atoms with Crippen molar-refractivity contribution in [3.05, 3.63) is 28.2 Å². The third kappa shape index (κ3) is 2.47. The lowest BCUT2D eigenvalue weighted by Crippen LogP contribution is -2.24. The van der Waals surface area contributed by atoms with Gasteiger partial charge in [-0.15, -0.1) is 0 Å². The Hall–Kier alpha value is -0.580. The third-order valence-corrected chi connectivity index (χ3v) is 2.50. The Morgan fingerprint density at radius 1 is 1.50 bits per heavy atom. The molecule has 0 fully saturated rings. The molecule has 0 amide bonds. The predicted octanol–water partition coefficient (Wildman–Crippen LogP) is 1.84. The lowest BCUT2D eigenvalue weighted by Gasteiger charge is -2.18. The van der Waals surface area contributed by atoms with E-state index in [1.165, 1.54) is 0 Å². The van der Waals surface area contributed by atoms with E-state index < -0.39 is 6.10 Å². The first-order valence-electron chi connectivity index (χ1n) is 4.33. The monoisotopic (exact) mass is 259 g/mol. The Bertz CT molecular complexity index is 315. The second kappa shape index (κ2) is 4.77. The highest BCUT2D eigenvalue weighted by Gasteiger charge is 2.17. The summed E-state index contributed by atoms with van der Waals surface area (Å²) in [6.07, 6.45) is -0.706. The molecule has 0 aliphatic heterocycles. The summed E-state index contributed by atoms with van der Waals surface area (Å²) in [4.78, 5) is 0. The number of nitrogens with two attached hydrogens (primary N) is 1. The zero-order chi connectivity index (χ0) is 10.7. The predicted molar refractivity (Wildman–Crippen MR) is 59.3 cm³/mol. The van der Waals surface area contributed by atoms with Crippen molar-refractivity contribution in [1.82, 2.24) is 0 Å². The minimum atomic E-state index is -0.706. The van der Waals surface area contributed by atoms with E-state index in [1.807, 2.05) is 12.1 Å². The lowest BCUT2D eigenvalue weighted by atomic mass is 10.0. The molecular weight excluding hydrogens is 246 g/mol. The van der Waals surface area contributed by atoms with Gasteiger partial charge in [0.25, 0.3) is 0 Å². The molecule has 0 heterocycles. The van der Waals surface area contributed by atoms with E-state index in [0.29, 0.717) is 11.3 Å². The summed E-state index contributed by atoms with van der Waals surface area (Å²) in [7, 11) is 1.57. The number of aliphatic hydroxyl groups is 1. The Balaban J connectivity index is 3.10. The first-order valence-corrected chi connectivity index (χ1v) is 5.12. The molecule has 0 bridgehead atoms. The molecule has 3 nitrogen and oxygen atoms in total. The van der Waals surface area contributed by atoms with Gasteiger partial charge < -0.3 is 15.6 Å². The van der Waals surface area contributed by atoms with Crippen LogP contribution in [0.25, 0.3) is 0 Å². The van der Waals surface area contributed by atoms with Gasteiger partial charge in [0.15, 0.2) is 0 Å². The molecule has 3 N–H and O–H groups in total. The summed E-state index contributed by atoms with van der Waals surface area (Å²) in [6.45, 7) is 1.75. The Labute approximate surface area is 92.0 Å². The number of benzene rings is 1. The van der Waals surface area contributed by atoms with Crippen LogP contribution < -0.4 is 10.5 Å². The van der Waals surface area contributed by atoms with Gasteiger partial charge in [0.05, 0.1) is 13.2 Å². The molecule has 1 rings (SSSR count). The van der Waals surface area contributed by atoms with Gasteiger partial charge >= 0.3 is 0 Å². The van der Waals surface area contributed by atoms with Gasteiger partial charge in [-0.05, 0) is 25.1 Å². The highest BCUT2D eigenvalue weighted by molar-refractivity contribution is 9.10. The minimum absolute atomic E-state index is 0.321. The van der Waals surface area contributed by atoms with Gasteiger partial charge in [-0.1, -0.05) is 15.9 Å². The molecule has 1 aromatic carbocycles. The molecule has 0 radical (unpaired) electrons. The highest BCUT2D eigenvalue weighted by Crippen LogP contribution is 2.29. The molecule has 0 aliphatic carbocycles. The summed E-state index contributed by atoms with van der Waals surface area (Å²) >= 11 is 3.34. The van der Waals surface area contributed by atoms with Crippen LogP contribution >= 0.6 is 15.9 Å². The van der Waals surface area contributed by atoms with Gasteiger partial charge in [-0.3, -0.25) is 0 Å². The Kier molecular flexibility index (Phi) is 3.92. The van der Waals surface area contributed by atoms with E-state index in [1.54, 1.807) is 20.1 Å². The smallest absolute Gasteiger partial charge is 0.124 e. The fraction of sp³-hybridized carbons (Fsp3) is 0.400. The van der Waals surface area contributed by atoms with Crippen LogP contribution in [0.15, 0.2) is 22.7 Å². The van der Waals surface area contributed by atoms with Gasteiger partial charge in [-0.2, -0.15) is 0 Å². The maximum Gasteiger partial charge on any atom is 0.124 e. The van der Waals surface area contributed by atoms with Gasteiger partial charge in [-0.25, -0.2) is 0 Å². The van der Waals surface area contributed by atoms with Crippen LogP contribution in [0, 0.1) is 0 Å². The van der Waals surface area contributed by atoms with Crippen LogP contribution in [0.4, 0.5) is 0 Å². The van der Waals surface area contributed by atoms with Crippen molar-refractivity contribution >= 4 is 15.9 Å². The minimum Gasteiger partial charge on any atom is -0.496 e. The number of aliphatic hydroxyl groups excluding tert-OH is 1. The average molecular weight is 260 g/mol. The van der Waals surface area contributed by atoms with E-state index in [-0.39, 0.29) is 6.04 Å². The quantitative estimate of drug-likeness (QED) is 0.871. The topological polar surface area (TPSA) is 55.5 Å². The van der Waals surface area contributed by atoms with Crippen molar-refractivity contribution in [2.24, 2.45) is 5.73 Å². The third-order valence-electron chi connectivity index (χ3n) is 2.01. The Morgan fingerprint density at radius 2 is 2.14 bits per heavy atom. The maximum atomic E-state index is 9.81. The normalized spacial score (nSPS) is 14.9. The molecule has 4 heteroatoms. The van der Waals surface area contributed by atoms with Crippen molar-refractivity contribution < 1.29 is 9.84 Å². The van der Waals surface area contributed by atoms with E-state index in [4.69, 9.17) is 10.5 Å². The second-order valence-electron chi connectivity index (χ2n) is 3.19. The van der Waals surface area contributed by atoms with E-state index in [9.17, 15) is 5.11 Å². The highest BCUT2D eigenvalue weighted by atomic mass is 79.9. The number of ether oxygens (including phenoxy) is 1. The lowest BCUT2D eigenvalue weighted by molar-refractivity contribution is 0.149. The molecule has 1 aromatic rings. The van der Waals surface area contributed by atoms with Crippen LogP contribution in [-0.2, 0) is 0 Å². The van der Waals surface area contributed by atoms with Gasteiger partial charge in [0.2, 0.25) is 0 Å². The second-order valence-corrected chi connectivity index (χ2v) is 4.11. The summed E-state index contributed by atoms with van der Waals surface area (Å²) in [5, 5.41) is 9.81. The summed E-state index contributed by atoms with van der Waals surface area (Å²) < 4.78 is 6.03. The summed E-state index contributed by atoms with van der Waals surface area (Å²) in [6, 6.07) is 5.15. The number of hydrogen-bond acceptors (Lipinski definition) is 3. The van der Waals surface area contributed by atoms with Crippen molar-refractivity contribution in [1.29, 1.82) is 0 Å². The van der Waals surface area contributed by atoms with E-state index in [2.05, 4.69) is 15.9 Å². The van der Waals surface area contributed by atoms with E-state index in [0.717, 1.165) is 4.47 Å². The van der Waals surface area contributed by atoms with Crippen molar-refractivity contribution in [3.63, 3.8) is 0 Å². The maximum absolute atomic E-state index is 9.81. The molecule has 0 aromatic heterocycles. The van der Waals surface area contributed by atoms with Crippen molar-refractivity contribution in [2.45, 2.75) is 19.1 Å². The molecule has 78 valence electrons. The fourth-order valence-electron chi connectivity index (χ4n) is 1.22. The summed E-state index contributed by atoms with van der Waals surface area (Å²) in [5.41, 5.74) is 6.33. The number of hydrogen-bond donors (Lipinski definition) is 2. The van der Waals surface area contributed by atoms with Gasteiger partial charge in [0.1, 0.15) is 5.75 Å². The fourth-order valence-corrected chi connectivity index (χ4v) is 1.60. The van der Waals surface area contributed by atoms with Crippen LogP contribution in [0.5, 0.6) is 5.75 Å². The van der Waals surface area contributed by atoms with Gasteiger partial charge in [0, 0.05) is 16.1 Å². The molecule has 2 unspecified atom stereocenters. The van der Waals surface area contributed by atoms with Crippen LogP contribution in [-0.4, -0.2) is 18.3 Å². The first-order chi connectivity index (χ1) is 6.56. The standard InChI is InChI=1S/C10H14BrNO2/c1-6(12)10(13)8-5-7(11)3-4-9(8)14-2/h3-6,10,13H,12H2,1-2H3. The van der Waals surface area contributed by atoms with Crippen LogP contribution in [0.3, 0.4) is 0 Å². The first kappa shape index (κ1) is 11.5. The zero-order valence-corrected chi connectivity index (χ0v) is 9.78. The van der Waals surface area contributed by atoms with Crippen LogP contribution in [0.1, 0.15) is 18.6 Å². The van der Waals surface area contributed by atoms with Crippen molar-refractivity contribution in [2.75, 3.05) is 7.11 Å². The molecule has 2 atom stereocenters.